The van der Waals surface area contributed by atoms with Crippen LogP contribution in [0.15, 0.2) is 24.3 Å². The van der Waals surface area contributed by atoms with Crippen LogP contribution in [0.3, 0.4) is 0 Å². The lowest BCUT2D eigenvalue weighted by atomic mass is 9.98. The molecule has 1 aromatic rings. The summed E-state index contributed by atoms with van der Waals surface area (Å²) in [5.41, 5.74) is 7.01. The molecule has 1 amide bonds. The van der Waals surface area contributed by atoms with Crippen molar-refractivity contribution in [3.63, 3.8) is 0 Å². The molecule has 1 rings (SSSR count). The van der Waals surface area contributed by atoms with Gasteiger partial charge in [-0.15, -0.1) is 12.4 Å². The van der Waals surface area contributed by atoms with Crippen molar-refractivity contribution in [2.24, 2.45) is 11.7 Å². The SMILES string of the molecule is COc1cccc(C(C)C(=O)N(C)CCC(N)C(C)C)c1.Cl. The molecular weight excluding hydrogens is 300 g/mol. The number of amides is 1. The fourth-order valence-electron chi connectivity index (χ4n) is 2.17. The van der Waals surface area contributed by atoms with Gasteiger partial charge in [-0.2, -0.15) is 0 Å². The standard InChI is InChI=1S/C17H28N2O2.ClH/c1-12(2)16(18)9-10-19(4)17(20)13(3)14-7-6-8-15(11-14)21-5;/h6-8,11-13,16H,9-10,18H2,1-5H3;1H. The number of nitrogens with two attached hydrogens (primary N) is 1. The van der Waals surface area contributed by atoms with E-state index in [-0.39, 0.29) is 30.3 Å². The number of nitrogens with zero attached hydrogens (tertiary/aromatic N) is 1. The molecule has 0 bridgehead atoms. The molecule has 126 valence electrons. The highest BCUT2D eigenvalue weighted by atomic mass is 35.5. The summed E-state index contributed by atoms with van der Waals surface area (Å²) in [6, 6.07) is 7.79. The molecule has 0 aliphatic rings. The zero-order valence-corrected chi connectivity index (χ0v) is 15.0. The molecule has 22 heavy (non-hydrogen) atoms. The second kappa shape index (κ2) is 9.70. The van der Waals surface area contributed by atoms with Crippen LogP contribution in [0.5, 0.6) is 5.75 Å². The van der Waals surface area contributed by atoms with Gasteiger partial charge in [0.1, 0.15) is 5.75 Å². The summed E-state index contributed by atoms with van der Waals surface area (Å²) in [5, 5.41) is 0. The Morgan fingerprint density at radius 2 is 1.95 bits per heavy atom. The predicted molar refractivity (Wildman–Crippen MR) is 93.7 cm³/mol. The van der Waals surface area contributed by atoms with Gasteiger partial charge in [0.15, 0.2) is 0 Å². The quantitative estimate of drug-likeness (QED) is 0.837. The largest absolute Gasteiger partial charge is 0.497 e. The van der Waals surface area contributed by atoms with Crippen LogP contribution in [0.4, 0.5) is 0 Å². The highest BCUT2D eigenvalue weighted by Crippen LogP contribution is 2.22. The Morgan fingerprint density at radius 3 is 2.50 bits per heavy atom. The van der Waals surface area contributed by atoms with Gasteiger partial charge in [-0.05, 0) is 37.0 Å². The minimum Gasteiger partial charge on any atom is -0.497 e. The van der Waals surface area contributed by atoms with E-state index < -0.39 is 0 Å². The van der Waals surface area contributed by atoms with E-state index in [1.54, 1.807) is 12.0 Å². The van der Waals surface area contributed by atoms with Gasteiger partial charge < -0.3 is 15.4 Å². The van der Waals surface area contributed by atoms with E-state index in [2.05, 4.69) is 13.8 Å². The van der Waals surface area contributed by atoms with E-state index in [1.807, 2.05) is 38.2 Å². The van der Waals surface area contributed by atoms with Crippen molar-refractivity contribution in [3.05, 3.63) is 29.8 Å². The first-order valence-corrected chi connectivity index (χ1v) is 7.51. The Kier molecular flexibility index (Phi) is 9.14. The lowest BCUT2D eigenvalue weighted by Gasteiger charge is -2.24. The fourth-order valence-corrected chi connectivity index (χ4v) is 2.17. The predicted octanol–water partition coefficient (Wildman–Crippen LogP) is 3.05. The van der Waals surface area contributed by atoms with E-state index in [9.17, 15) is 4.79 Å². The van der Waals surface area contributed by atoms with Crippen molar-refractivity contribution in [3.8, 4) is 5.75 Å². The van der Waals surface area contributed by atoms with Crippen molar-refractivity contribution < 1.29 is 9.53 Å². The molecule has 0 radical (unpaired) electrons. The topological polar surface area (TPSA) is 55.6 Å². The average molecular weight is 329 g/mol. The van der Waals surface area contributed by atoms with Crippen LogP contribution in [0.2, 0.25) is 0 Å². The number of carbonyl (C=O) groups excluding carboxylic acids is 1. The number of methoxy groups -OCH3 is 1. The lowest BCUT2D eigenvalue weighted by Crippen LogP contribution is -2.36. The van der Waals surface area contributed by atoms with Gasteiger partial charge in [0.2, 0.25) is 5.91 Å². The van der Waals surface area contributed by atoms with Gasteiger partial charge in [-0.25, -0.2) is 0 Å². The van der Waals surface area contributed by atoms with Crippen LogP contribution in [0, 0.1) is 5.92 Å². The van der Waals surface area contributed by atoms with Gasteiger partial charge in [0.05, 0.1) is 13.0 Å². The molecule has 2 N–H and O–H groups in total. The molecular formula is C17H29ClN2O2. The average Bonchev–Trinajstić information content (AvgIpc) is 2.50. The lowest BCUT2D eigenvalue weighted by molar-refractivity contribution is -0.131. The van der Waals surface area contributed by atoms with Crippen molar-refractivity contribution >= 4 is 18.3 Å². The minimum atomic E-state index is -0.180. The van der Waals surface area contributed by atoms with Crippen LogP contribution in [-0.2, 0) is 4.79 Å². The van der Waals surface area contributed by atoms with Crippen LogP contribution < -0.4 is 10.5 Å². The molecule has 2 atom stereocenters. The van der Waals surface area contributed by atoms with E-state index >= 15 is 0 Å². The molecule has 1 aromatic carbocycles. The van der Waals surface area contributed by atoms with Gasteiger partial charge in [0.25, 0.3) is 0 Å². The molecule has 0 aromatic heterocycles. The van der Waals surface area contributed by atoms with Crippen molar-refractivity contribution in [2.75, 3.05) is 20.7 Å². The summed E-state index contributed by atoms with van der Waals surface area (Å²) >= 11 is 0. The normalized spacial score (nSPS) is 13.2. The number of carbonyl (C=O) groups is 1. The molecule has 0 aliphatic carbocycles. The summed E-state index contributed by atoms with van der Waals surface area (Å²) in [6.07, 6.45) is 0.824. The zero-order valence-electron chi connectivity index (χ0n) is 14.2. The highest BCUT2D eigenvalue weighted by molar-refractivity contribution is 5.85. The summed E-state index contributed by atoms with van der Waals surface area (Å²) < 4.78 is 5.21. The number of likely N-dealkylation sites (N-methyl/N-ethyl adjacent to an activating group) is 1. The van der Waals surface area contributed by atoms with Gasteiger partial charge in [-0.1, -0.05) is 26.0 Å². The third-order valence-electron chi connectivity index (χ3n) is 3.99. The second-order valence-corrected chi connectivity index (χ2v) is 5.95. The maximum absolute atomic E-state index is 12.5. The number of hydrogen-bond donors (Lipinski definition) is 1. The third kappa shape index (κ3) is 5.85. The van der Waals surface area contributed by atoms with E-state index in [1.165, 1.54) is 0 Å². The molecule has 0 saturated heterocycles. The highest BCUT2D eigenvalue weighted by Gasteiger charge is 2.20. The Labute approximate surface area is 140 Å². The molecule has 0 fully saturated rings. The molecule has 0 aliphatic heterocycles. The van der Waals surface area contributed by atoms with Crippen molar-refractivity contribution in [1.82, 2.24) is 4.90 Å². The van der Waals surface area contributed by atoms with Crippen LogP contribution in [0.25, 0.3) is 0 Å². The first-order valence-electron chi connectivity index (χ1n) is 7.51. The summed E-state index contributed by atoms with van der Waals surface area (Å²) in [5.74, 6) is 1.14. The molecule has 5 heteroatoms. The van der Waals surface area contributed by atoms with Gasteiger partial charge in [0, 0.05) is 19.6 Å². The van der Waals surface area contributed by atoms with E-state index in [0.29, 0.717) is 12.5 Å². The second-order valence-electron chi connectivity index (χ2n) is 5.95. The van der Waals surface area contributed by atoms with Crippen molar-refractivity contribution in [1.29, 1.82) is 0 Å². The zero-order chi connectivity index (χ0) is 16.0. The molecule has 0 spiro atoms. The van der Waals surface area contributed by atoms with Crippen LogP contribution in [-0.4, -0.2) is 37.6 Å². The number of rotatable bonds is 7. The first-order chi connectivity index (χ1) is 9.86. The smallest absolute Gasteiger partial charge is 0.229 e. The van der Waals surface area contributed by atoms with E-state index in [0.717, 1.165) is 17.7 Å². The molecule has 0 heterocycles. The Bertz CT molecular complexity index is 466. The Morgan fingerprint density at radius 1 is 1.32 bits per heavy atom. The fraction of sp³-hybridized carbons (Fsp3) is 0.588. The Balaban J connectivity index is 0.00000441. The molecule has 2 unspecified atom stereocenters. The number of benzene rings is 1. The van der Waals surface area contributed by atoms with Crippen LogP contribution >= 0.6 is 12.4 Å². The van der Waals surface area contributed by atoms with Crippen molar-refractivity contribution in [2.45, 2.75) is 39.2 Å². The van der Waals surface area contributed by atoms with Gasteiger partial charge >= 0.3 is 0 Å². The summed E-state index contributed by atoms with van der Waals surface area (Å²) in [4.78, 5) is 14.2. The summed E-state index contributed by atoms with van der Waals surface area (Å²) in [7, 11) is 3.47. The first kappa shape index (κ1) is 20.7. The molecule has 0 saturated carbocycles. The third-order valence-corrected chi connectivity index (χ3v) is 3.99. The van der Waals surface area contributed by atoms with Crippen LogP contribution in [0.1, 0.15) is 38.7 Å². The maximum Gasteiger partial charge on any atom is 0.229 e. The summed E-state index contributed by atoms with van der Waals surface area (Å²) in [6.45, 7) is 6.82. The maximum atomic E-state index is 12.5. The minimum absolute atomic E-state index is 0. The molecule has 4 nitrogen and oxygen atoms in total. The number of halogens is 1. The van der Waals surface area contributed by atoms with E-state index in [4.69, 9.17) is 10.5 Å². The van der Waals surface area contributed by atoms with Gasteiger partial charge in [-0.3, -0.25) is 4.79 Å². The monoisotopic (exact) mass is 328 g/mol. The Hall–Kier alpha value is -1.26. The number of hydrogen-bond acceptors (Lipinski definition) is 3. The number of ether oxygens (including phenoxy) is 1.